The standard InChI is InChI=1S/C27H26N4O4/c1-17(30(2)27(34)35)25(32)29-23-14-13-18-7-3-4-12-24(18)31(26(23)33)16-20-9-6-10-21-19(15-28)8-5-11-22(20)21/h3-12,17,23H,13-14,16H2,1-2H3,(H,29,32)(H,34,35)/t17-,23-/m0/s1. The highest BCUT2D eigenvalue weighted by molar-refractivity contribution is 6.02. The van der Waals surface area contributed by atoms with Crippen molar-refractivity contribution < 1.29 is 19.5 Å². The number of likely N-dealkylation sites (N-methyl/N-ethyl adjacent to an activating group) is 1. The lowest BCUT2D eigenvalue weighted by molar-refractivity contribution is -0.130. The maximum Gasteiger partial charge on any atom is 0.407 e. The Kier molecular flexibility index (Phi) is 6.69. The summed E-state index contributed by atoms with van der Waals surface area (Å²) in [4.78, 5) is 40.4. The lowest BCUT2D eigenvalue weighted by Crippen LogP contribution is -2.53. The smallest absolute Gasteiger partial charge is 0.407 e. The Bertz CT molecular complexity index is 1350. The SMILES string of the molecule is C[C@@H](C(=O)N[C@H]1CCc2ccccc2N(Cc2cccc3c(C#N)cccc23)C1=O)N(C)C(=O)O. The van der Waals surface area contributed by atoms with Gasteiger partial charge in [-0.25, -0.2) is 4.79 Å². The summed E-state index contributed by atoms with van der Waals surface area (Å²) >= 11 is 0. The number of aryl methyl sites for hydroxylation is 1. The second kappa shape index (κ2) is 9.85. The van der Waals surface area contributed by atoms with Gasteiger partial charge in [-0.3, -0.25) is 14.5 Å². The van der Waals surface area contributed by atoms with E-state index in [1.54, 1.807) is 11.0 Å². The molecule has 0 radical (unpaired) electrons. The second-order valence-electron chi connectivity index (χ2n) is 8.65. The molecule has 0 bridgehead atoms. The van der Waals surface area contributed by atoms with Gasteiger partial charge in [-0.05, 0) is 53.8 Å². The van der Waals surface area contributed by atoms with Crippen molar-refractivity contribution in [2.24, 2.45) is 0 Å². The zero-order chi connectivity index (χ0) is 25.1. The van der Waals surface area contributed by atoms with Gasteiger partial charge in [0.25, 0.3) is 0 Å². The molecule has 1 aliphatic heterocycles. The van der Waals surface area contributed by atoms with Gasteiger partial charge in [0.1, 0.15) is 12.1 Å². The first-order chi connectivity index (χ1) is 16.8. The summed E-state index contributed by atoms with van der Waals surface area (Å²) in [6.07, 6.45) is -0.238. The third-order valence-electron chi connectivity index (χ3n) is 6.59. The van der Waals surface area contributed by atoms with E-state index in [1.807, 2.05) is 54.6 Å². The Balaban J connectivity index is 1.69. The van der Waals surface area contributed by atoms with E-state index in [0.29, 0.717) is 18.4 Å². The van der Waals surface area contributed by atoms with Crippen LogP contribution in [0.1, 0.15) is 30.0 Å². The first kappa shape index (κ1) is 23.8. The number of fused-ring (bicyclic) bond motifs is 2. The zero-order valence-corrected chi connectivity index (χ0v) is 19.6. The van der Waals surface area contributed by atoms with Crippen molar-refractivity contribution in [3.63, 3.8) is 0 Å². The van der Waals surface area contributed by atoms with Crippen molar-refractivity contribution in [2.45, 2.75) is 38.4 Å². The lowest BCUT2D eigenvalue weighted by atomic mass is 10.00. The molecule has 0 saturated carbocycles. The maximum atomic E-state index is 13.8. The van der Waals surface area contributed by atoms with Gasteiger partial charge in [0.2, 0.25) is 11.8 Å². The van der Waals surface area contributed by atoms with Gasteiger partial charge in [-0.15, -0.1) is 0 Å². The Morgan fingerprint density at radius 3 is 2.60 bits per heavy atom. The average molecular weight is 471 g/mol. The minimum atomic E-state index is -1.22. The van der Waals surface area contributed by atoms with Gasteiger partial charge in [-0.1, -0.05) is 48.5 Å². The molecule has 1 aliphatic rings. The van der Waals surface area contributed by atoms with E-state index >= 15 is 0 Å². The molecular weight excluding hydrogens is 444 g/mol. The van der Waals surface area contributed by atoms with Crippen molar-refractivity contribution in [3.05, 3.63) is 77.4 Å². The number of nitrogens with one attached hydrogen (secondary N) is 1. The van der Waals surface area contributed by atoms with Crippen LogP contribution >= 0.6 is 0 Å². The molecule has 0 aliphatic carbocycles. The summed E-state index contributed by atoms with van der Waals surface area (Å²) in [6.45, 7) is 1.75. The maximum absolute atomic E-state index is 13.8. The van der Waals surface area contributed by atoms with Crippen molar-refractivity contribution in [2.75, 3.05) is 11.9 Å². The molecule has 178 valence electrons. The summed E-state index contributed by atoms with van der Waals surface area (Å²) in [5, 5.41) is 23.2. The van der Waals surface area contributed by atoms with E-state index in [4.69, 9.17) is 0 Å². The van der Waals surface area contributed by atoms with Crippen molar-refractivity contribution in [1.82, 2.24) is 10.2 Å². The number of rotatable bonds is 5. The number of carbonyl (C=O) groups excluding carboxylic acids is 2. The highest BCUT2D eigenvalue weighted by Gasteiger charge is 2.33. The normalized spacial score (nSPS) is 16.1. The lowest BCUT2D eigenvalue weighted by Gasteiger charge is -2.28. The number of amides is 3. The van der Waals surface area contributed by atoms with Crippen molar-refractivity contribution in [3.8, 4) is 6.07 Å². The number of anilines is 1. The highest BCUT2D eigenvalue weighted by Crippen LogP contribution is 2.31. The summed E-state index contributed by atoms with van der Waals surface area (Å²) in [5.41, 5.74) is 3.21. The molecule has 3 amide bonds. The van der Waals surface area contributed by atoms with Gasteiger partial charge in [-0.2, -0.15) is 5.26 Å². The summed E-state index contributed by atoms with van der Waals surface area (Å²) in [6, 6.07) is 19.3. The van der Waals surface area contributed by atoms with Crippen LogP contribution in [0.15, 0.2) is 60.7 Å². The van der Waals surface area contributed by atoms with Crippen LogP contribution in [-0.2, 0) is 22.6 Å². The number of nitriles is 1. The number of nitrogens with zero attached hydrogens (tertiary/aromatic N) is 3. The van der Waals surface area contributed by atoms with Crippen LogP contribution in [0.5, 0.6) is 0 Å². The number of hydrogen-bond acceptors (Lipinski definition) is 4. The van der Waals surface area contributed by atoms with Crippen LogP contribution in [0, 0.1) is 11.3 Å². The van der Waals surface area contributed by atoms with Gasteiger partial charge in [0, 0.05) is 12.7 Å². The summed E-state index contributed by atoms with van der Waals surface area (Å²) < 4.78 is 0. The molecule has 2 atom stereocenters. The molecule has 0 aromatic heterocycles. The largest absolute Gasteiger partial charge is 0.465 e. The predicted molar refractivity (Wildman–Crippen MR) is 132 cm³/mol. The Labute approximate surface area is 203 Å². The summed E-state index contributed by atoms with van der Waals surface area (Å²) in [7, 11) is 1.32. The minimum absolute atomic E-state index is 0.262. The van der Waals surface area contributed by atoms with Crippen LogP contribution in [-0.4, -0.2) is 47.0 Å². The zero-order valence-electron chi connectivity index (χ0n) is 19.6. The Morgan fingerprint density at radius 2 is 1.86 bits per heavy atom. The van der Waals surface area contributed by atoms with Crippen molar-refractivity contribution >= 4 is 34.4 Å². The second-order valence-corrected chi connectivity index (χ2v) is 8.65. The fraction of sp³-hybridized carbons (Fsp3) is 0.259. The first-order valence-electron chi connectivity index (χ1n) is 11.4. The Morgan fingerprint density at radius 1 is 1.14 bits per heavy atom. The fourth-order valence-corrected chi connectivity index (χ4v) is 4.43. The third kappa shape index (κ3) is 4.66. The highest BCUT2D eigenvalue weighted by atomic mass is 16.4. The molecular formula is C27H26N4O4. The van der Waals surface area contributed by atoms with Crippen LogP contribution in [0.25, 0.3) is 10.8 Å². The van der Waals surface area contributed by atoms with E-state index < -0.39 is 24.1 Å². The van der Waals surface area contributed by atoms with Crippen molar-refractivity contribution in [1.29, 1.82) is 5.26 Å². The summed E-state index contributed by atoms with van der Waals surface area (Å²) in [5.74, 6) is -0.787. The molecule has 0 fully saturated rings. The van der Waals surface area contributed by atoms with Crippen LogP contribution < -0.4 is 10.2 Å². The molecule has 8 heteroatoms. The van der Waals surface area contributed by atoms with Gasteiger partial charge in [0.05, 0.1) is 18.2 Å². The van der Waals surface area contributed by atoms with Crippen LogP contribution in [0.4, 0.5) is 10.5 Å². The topological polar surface area (TPSA) is 114 Å². The molecule has 0 unspecified atom stereocenters. The molecule has 3 aromatic rings. The molecule has 0 spiro atoms. The number of carboxylic acid groups (broad SMARTS) is 1. The molecule has 3 aromatic carbocycles. The number of benzene rings is 3. The minimum Gasteiger partial charge on any atom is -0.465 e. The van der Waals surface area contributed by atoms with E-state index in [2.05, 4.69) is 11.4 Å². The van der Waals surface area contributed by atoms with E-state index in [0.717, 1.165) is 32.5 Å². The van der Waals surface area contributed by atoms with Crippen LogP contribution in [0.2, 0.25) is 0 Å². The molecule has 35 heavy (non-hydrogen) atoms. The first-order valence-corrected chi connectivity index (χ1v) is 11.4. The third-order valence-corrected chi connectivity index (χ3v) is 6.59. The average Bonchev–Trinajstić information content (AvgIpc) is 2.99. The molecule has 1 heterocycles. The van der Waals surface area contributed by atoms with Gasteiger partial charge >= 0.3 is 6.09 Å². The molecule has 4 rings (SSSR count). The quantitative estimate of drug-likeness (QED) is 0.591. The van der Waals surface area contributed by atoms with E-state index in [-0.39, 0.29) is 12.5 Å². The Hall–Kier alpha value is -4.38. The predicted octanol–water partition coefficient (Wildman–Crippen LogP) is 3.67. The van der Waals surface area contributed by atoms with E-state index in [1.165, 1.54) is 14.0 Å². The molecule has 0 saturated heterocycles. The molecule has 8 nitrogen and oxygen atoms in total. The number of para-hydroxylation sites is 1. The van der Waals surface area contributed by atoms with Crippen LogP contribution in [0.3, 0.4) is 0 Å². The number of carbonyl (C=O) groups is 3. The van der Waals surface area contributed by atoms with Gasteiger partial charge in [0.15, 0.2) is 0 Å². The number of hydrogen-bond donors (Lipinski definition) is 2. The molecule has 2 N–H and O–H groups in total. The monoisotopic (exact) mass is 470 g/mol. The van der Waals surface area contributed by atoms with E-state index in [9.17, 15) is 24.8 Å². The van der Waals surface area contributed by atoms with Gasteiger partial charge < -0.3 is 15.3 Å². The fourth-order valence-electron chi connectivity index (χ4n) is 4.43.